The molecule has 3 N–H and O–H groups in total. The number of aliphatic hydroxyl groups is 1. The van der Waals surface area contributed by atoms with Gasteiger partial charge in [0.25, 0.3) is 0 Å². The molecule has 2 heterocycles. The zero-order chi connectivity index (χ0) is 13.1. The van der Waals surface area contributed by atoms with E-state index in [9.17, 15) is 0 Å². The van der Waals surface area contributed by atoms with E-state index in [1.54, 1.807) is 17.5 Å². The Hall–Kier alpha value is -0.270. The molecule has 7 heteroatoms. The Labute approximate surface area is 146 Å². The molecule has 5 nitrogen and oxygen atoms in total. The van der Waals surface area contributed by atoms with E-state index in [4.69, 9.17) is 10.8 Å². The van der Waals surface area contributed by atoms with Gasteiger partial charge in [0.15, 0.2) is 12.2 Å². The number of hydrogen-bond acceptors (Lipinski definition) is 5. The van der Waals surface area contributed by atoms with Crippen LogP contribution in [0.25, 0.3) is 0 Å². The molecule has 0 aliphatic carbocycles. The first-order valence-corrected chi connectivity index (χ1v) is 6.65. The topological polar surface area (TPSA) is 75.9 Å². The van der Waals surface area contributed by atoms with Crippen molar-refractivity contribution in [3.05, 3.63) is 33.7 Å². The number of anilines is 1. The number of aromatic nitrogens is 3. The molecule has 0 aliphatic heterocycles. The Kier molecular flexibility index (Phi) is 6.62. The predicted octanol–water partition coefficient (Wildman–Crippen LogP) is -0.308. The molecule has 0 aliphatic rings. The van der Waals surface area contributed by atoms with Crippen LogP contribution < -0.4 is 10.3 Å². The minimum atomic E-state index is 0. The zero-order valence-corrected chi connectivity index (χ0v) is 11.4. The molecule has 0 spiro atoms. The van der Waals surface area contributed by atoms with Crippen molar-refractivity contribution in [2.45, 2.75) is 26.8 Å². The minimum absolute atomic E-state index is 0. The van der Waals surface area contributed by atoms with Gasteiger partial charge in [-0.3, -0.25) is 0 Å². The van der Waals surface area contributed by atoms with Crippen molar-refractivity contribution in [2.75, 3.05) is 12.3 Å². The van der Waals surface area contributed by atoms with E-state index in [1.165, 1.54) is 4.88 Å². The first-order chi connectivity index (χ1) is 8.61. The number of aliphatic hydroxyl groups excluding tert-OH is 1. The normalized spacial score (nSPS) is 10.3. The second-order valence-electron chi connectivity index (χ2n) is 4.16. The van der Waals surface area contributed by atoms with Gasteiger partial charge in [0.1, 0.15) is 11.6 Å². The SMILES string of the molecule is Cc1ncc(C[n+]2csc(CCO)c2C)c(N)n1.[CaH2]. The second kappa shape index (κ2) is 7.50. The average molecular weight is 307 g/mol. The maximum atomic E-state index is 8.98. The molecule has 100 valence electrons. The number of nitrogen functional groups attached to an aromatic ring is 1. The summed E-state index contributed by atoms with van der Waals surface area (Å²) < 4.78 is 2.11. The first-order valence-electron chi connectivity index (χ1n) is 5.77. The predicted molar refractivity (Wildman–Crippen MR) is 78.9 cm³/mol. The van der Waals surface area contributed by atoms with Gasteiger partial charge in [-0.1, -0.05) is 11.3 Å². The molecule has 2 rings (SSSR count). The molecular weight excluding hydrogens is 288 g/mol. The van der Waals surface area contributed by atoms with Crippen molar-refractivity contribution in [1.82, 2.24) is 9.97 Å². The number of hydrogen-bond donors (Lipinski definition) is 2. The summed E-state index contributed by atoms with van der Waals surface area (Å²) in [6, 6.07) is 0. The third-order valence-corrected chi connectivity index (χ3v) is 4.00. The Morgan fingerprint density at radius 3 is 2.79 bits per heavy atom. The van der Waals surface area contributed by atoms with Crippen molar-refractivity contribution >= 4 is 54.9 Å². The summed E-state index contributed by atoms with van der Waals surface area (Å²) in [6.45, 7) is 4.71. The van der Waals surface area contributed by atoms with Crippen LogP contribution in [-0.4, -0.2) is 59.4 Å². The fourth-order valence-corrected chi connectivity index (χ4v) is 2.75. The van der Waals surface area contributed by atoms with Gasteiger partial charge >= 0.3 is 37.7 Å². The van der Waals surface area contributed by atoms with E-state index in [2.05, 4.69) is 14.5 Å². The van der Waals surface area contributed by atoms with Crippen LogP contribution in [0.3, 0.4) is 0 Å². The van der Waals surface area contributed by atoms with Gasteiger partial charge in [0.2, 0.25) is 5.51 Å². The van der Waals surface area contributed by atoms with Crippen molar-refractivity contribution in [2.24, 2.45) is 0 Å². The fraction of sp³-hybridized carbons (Fsp3) is 0.417. The average Bonchev–Trinajstić information content (AvgIpc) is 2.66. The molecule has 0 aromatic carbocycles. The van der Waals surface area contributed by atoms with Gasteiger partial charge in [0.05, 0.1) is 10.4 Å². The first kappa shape index (κ1) is 16.8. The number of aryl methyl sites for hydroxylation is 1. The van der Waals surface area contributed by atoms with Gasteiger partial charge in [-0.15, -0.1) is 0 Å². The Balaban J connectivity index is 0.00000180. The number of rotatable bonds is 4. The maximum absolute atomic E-state index is 8.98. The zero-order valence-electron chi connectivity index (χ0n) is 10.6. The van der Waals surface area contributed by atoms with Crippen LogP contribution >= 0.6 is 11.3 Å². The molecule has 0 saturated heterocycles. The van der Waals surface area contributed by atoms with E-state index < -0.39 is 0 Å². The molecule has 2 aromatic rings. The Morgan fingerprint density at radius 2 is 2.16 bits per heavy atom. The molecule has 19 heavy (non-hydrogen) atoms. The number of nitrogens with zero attached hydrogens (tertiary/aromatic N) is 3. The molecule has 0 amide bonds. The summed E-state index contributed by atoms with van der Waals surface area (Å²) in [7, 11) is 0. The monoisotopic (exact) mass is 307 g/mol. The van der Waals surface area contributed by atoms with E-state index in [-0.39, 0.29) is 44.3 Å². The van der Waals surface area contributed by atoms with Crippen molar-refractivity contribution in [3.8, 4) is 0 Å². The van der Waals surface area contributed by atoms with Gasteiger partial charge in [-0.2, -0.15) is 4.57 Å². The third-order valence-electron chi connectivity index (χ3n) is 2.85. The Bertz CT molecular complexity index is 559. The summed E-state index contributed by atoms with van der Waals surface area (Å²) in [6.07, 6.45) is 2.47. The molecule has 0 unspecified atom stereocenters. The van der Waals surface area contributed by atoms with Gasteiger partial charge in [-0.05, 0) is 6.92 Å². The van der Waals surface area contributed by atoms with Crippen LogP contribution in [0.2, 0.25) is 0 Å². The van der Waals surface area contributed by atoms with Crippen LogP contribution in [0.15, 0.2) is 11.7 Å². The molecule has 0 radical (unpaired) electrons. The van der Waals surface area contributed by atoms with Crippen LogP contribution in [0.1, 0.15) is 22.0 Å². The van der Waals surface area contributed by atoms with Crippen LogP contribution in [0.4, 0.5) is 5.82 Å². The summed E-state index contributed by atoms with van der Waals surface area (Å²) in [4.78, 5) is 9.53. The molecule has 2 aromatic heterocycles. The summed E-state index contributed by atoms with van der Waals surface area (Å²) in [5.41, 5.74) is 10.0. The molecule has 0 fully saturated rings. The van der Waals surface area contributed by atoms with E-state index >= 15 is 0 Å². The van der Waals surface area contributed by atoms with Gasteiger partial charge < -0.3 is 10.8 Å². The van der Waals surface area contributed by atoms with Crippen molar-refractivity contribution in [3.63, 3.8) is 0 Å². The van der Waals surface area contributed by atoms with Crippen LogP contribution in [-0.2, 0) is 13.0 Å². The van der Waals surface area contributed by atoms with Crippen molar-refractivity contribution < 1.29 is 9.67 Å². The molecule has 0 bridgehead atoms. The molecule has 0 atom stereocenters. The summed E-state index contributed by atoms with van der Waals surface area (Å²) in [5.74, 6) is 1.22. The summed E-state index contributed by atoms with van der Waals surface area (Å²) >= 11 is 1.65. The van der Waals surface area contributed by atoms with E-state index in [0.717, 1.165) is 11.3 Å². The van der Waals surface area contributed by atoms with Crippen LogP contribution in [0, 0.1) is 13.8 Å². The number of nitrogens with two attached hydrogens (primary N) is 1. The van der Waals surface area contributed by atoms with Gasteiger partial charge in [-0.25, -0.2) is 9.97 Å². The van der Waals surface area contributed by atoms with Crippen LogP contribution in [0.5, 0.6) is 0 Å². The summed E-state index contributed by atoms with van der Waals surface area (Å²) in [5, 5.41) is 8.98. The van der Waals surface area contributed by atoms with E-state index in [1.807, 2.05) is 19.4 Å². The molecular formula is C12H19CaN4OS+. The fourth-order valence-electron chi connectivity index (χ4n) is 1.77. The molecule has 0 saturated carbocycles. The quantitative estimate of drug-likeness (QED) is 0.600. The second-order valence-corrected chi connectivity index (χ2v) is 5.10. The number of thiazole rings is 1. The van der Waals surface area contributed by atoms with Gasteiger partial charge in [0, 0.05) is 26.1 Å². The standard InChI is InChI=1S/C12H17N4OS.Ca.2H/c1-8-11(3-4-17)18-7-16(8)6-10-5-14-9(2)15-12(10)13;;;/h5,7,17H,3-4,6H2,1-2H3,(H2,13,14,15);;;/q+1;;;. The van der Waals surface area contributed by atoms with E-state index in [0.29, 0.717) is 24.6 Å². The third kappa shape index (κ3) is 4.10. The van der Waals surface area contributed by atoms with Crippen molar-refractivity contribution in [1.29, 1.82) is 0 Å². The Morgan fingerprint density at radius 1 is 1.42 bits per heavy atom.